The number of carbonyl (C=O) groups excluding carboxylic acids is 1. The molecule has 1 aromatic rings. The Kier molecular flexibility index (Phi) is 4.39. The number of alkyl halides is 3. The number of hydrogen-bond acceptors (Lipinski definition) is 2. The van der Waals surface area contributed by atoms with Crippen molar-refractivity contribution in [3.8, 4) is 0 Å². The molecule has 0 unspecified atom stereocenters. The summed E-state index contributed by atoms with van der Waals surface area (Å²) >= 11 is 0. The standard InChI is InChI=1S/C14H18F3N3O/c1-3-8-18-13(21)11-9(2)20(10-6-4-5-7-10)19-12(11)14(15,16)17/h3,10H,1,4-8H2,2H3,(H,18,21). The summed E-state index contributed by atoms with van der Waals surface area (Å²) in [5, 5.41) is 6.09. The second kappa shape index (κ2) is 5.91. The Hall–Kier alpha value is -1.79. The molecule has 1 fully saturated rings. The molecule has 7 heteroatoms. The lowest BCUT2D eigenvalue weighted by Gasteiger charge is -2.12. The van der Waals surface area contributed by atoms with E-state index in [1.54, 1.807) is 0 Å². The van der Waals surface area contributed by atoms with E-state index in [0.717, 1.165) is 25.7 Å². The SMILES string of the molecule is C=CCNC(=O)c1c(C(F)(F)F)nn(C2CCCC2)c1C. The van der Waals surface area contributed by atoms with Gasteiger partial charge >= 0.3 is 6.18 Å². The predicted octanol–water partition coefficient (Wildman–Crippen LogP) is 3.24. The average Bonchev–Trinajstić information content (AvgIpc) is 3.02. The average molecular weight is 301 g/mol. The van der Waals surface area contributed by atoms with Gasteiger partial charge in [-0.2, -0.15) is 18.3 Å². The largest absolute Gasteiger partial charge is 0.435 e. The van der Waals surface area contributed by atoms with E-state index in [4.69, 9.17) is 0 Å². The first-order valence-electron chi connectivity index (χ1n) is 6.91. The summed E-state index contributed by atoms with van der Waals surface area (Å²) < 4.78 is 40.8. The maximum absolute atomic E-state index is 13.1. The van der Waals surface area contributed by atoms with Gasteiger partial charge in [0.05, 0.1) is 11.6 Å². The van der Waals surface area contributed by atoms with Crippen LogP contribution in [0.25, 0.3) is 0 Å². The summed E-state index contributed by atoms with van der Waals surface area (Å²) in [6.45, 7) is 5.06. The van der Waals surface area contributed by atoms with Gasteiger partial charge in [-0.1, -0.05) is 18.9 Å². The van der Waals surface area contributed by atoms with Crippen LogP contribution in [0.15, 0.2) is 12.7 Å². The van der Waals surface area contributed by atoms with Crippen molar-refractivity contribution in [1.82, 2.24) is 15.1 Å². The normalized spacial score (nSPS) is 16.2. The number of carbonyl (C=O) groups is 1. The molecule has 0 radical (unpaired) electrons. The Morgan fingerprint density at radius 3 is 2.62 bits per heavy atom. The summed E-state index contributed by atoms with van der Waals surface area (Å²) in [6, 6.07) is -0.0490. The van der Waals surface area contributed by atoms with Crippen LogP contribution in [0.3, 0.4) is 0 Å². The Morgan fingerprint density at radius 1 is 1.48 bits per heavy atom. The number of halogens is 3. The van der Waals surface area contributed by atoms with E-state index in [2.05, 4.69) is 17.0 Å². The number of aromatic nitrogens is 2. The molecule has 0 aliphatic heterocycles. The molecule has 0 spiro atoms. The molecule has 0 atom stereocenters. The highest BCUT2D eigenvalue weighted by molar-refractivity contribution is 5.96. The lowest BCUT2D eigenvalue weighted by Crippen LogP contribution is -2.26. The van der Waals surface area contributed by atoms with Gasteiger partial charge in [-0.15, -0.1) is 6.58 Å². The molecule has 1 N–H and O–H groups in total. The quantitative estimate of drug-likeness (QED) is 0.868. The van der Waals surface area contributed by atoms with Crippen LogP contribution in [0.1, 0.15) is 53.5 Å². The molecule has 1 amide bonds. The molecule has 2 rings (SSSR count). The van der Waals surface area contributed by atoms with Gasteiger partial charge in [0.25, 0.3) is 5.91 Å². The highest BCUT2D eigenvalue weighted by Crippen LogP contribution is 2.36. The van der Waals surface area contributed by atoms with Crippen LogP contribution in [0.2, 0.25) is 0 Å². The number of rotatable bonds is 4. The van der Waals surface area contributed by atoms with E-state index in [1.807, 2.05) is 0 Å². The number of amides is 1. The Balaban J connectivity index is 2.44. The molecule has 1 aliphatic carbocycles. The van der Waals surface area contributed by atoms with E-state index in [0.29, 0.717) is 0 Å². The van der Waals surface area contributed by atoms with Gasteiger partial charge < -0.3 is 5.32 Å². The van der Waals surface area contributed by atoms with Crippen LogP contribution in [0.4, 0.5) is 13.2 Å². The molecule has 1 aromatic heterocycles. The van der Waals surface area contributed by atoms with Crippen LogP contribution < -0.4 is 5.32 Å². The fraction of sp³-hybridized carbons (Fsp3) is 0.571. The molecule has 4 nitrogen and oxygen atoms in total. The summed E-state index contributed by atoms with van der Waals surface area (Å²) in [4.78, 5) is 12.0. The number of hydrogen-bond donors (Lipinski definition) is 1. The first-order chi connectivity index (χ1) is 9.86. The van der Waals surface area contributed by atoms with Crippen molar-refractivity contribution < 1.29 is 18.0 Å². The van der Waals surface area contributed by atoms with E-state index in [9.17, 15) is 18.0 Å². The van der Waals surface area contributed by atoms with Crippen molar-refractivity contribution in [3.63, 3.8) is 0 Å². The highest BCUT2D eigenvalue weighted by Gasteiger charge is 2.41. The molecule has 0 saturated heterocycles. The van der Waals surface area contributed by atoms with E-state index in [1.165, 1.54) is 17.7 Å². The van der Waals surface area contributed by atoms with E-state index >= 15 is 0 Å². The molecule has 21 heavy (non-hydrogen) atoms. The van der Waals surface area contributed by atoms with Gasteiger partial charge in [0.1, 0.15) is 0 Å². The summed E-state index contributed by atoms with van der Waals surface area (Å²) in [5.41, 5.74) is -1.21. The number of nitrogens with zero attached hydrogens (tertiary/aromatic N) is 2. The van der Waals surface area contributed by atoms with Crippen LogP contribution >= 0.6 is 0 Å². The van der Waals surface area contributed by atoms with Gasteiger partial charge in [-0.25, -0.2) is 0 Å². The first kappa shape index (κ1) is 15.6. The summed E-state index contributed by atoms with van der Waals surface area (Å²) in [5.74, 6) is -0.760. The van der Waals surface area contributed by atoms with E-state index in [-0.39, 0.29) is 23.8 Å². The zero-order valence-electron chi connectivity index (χ0n) is 11.8. The Labute approximate surface area is 121 Å². The predicted molar refractivity (Wildman–Crippen MR) is 72.0 cm³/mol. The zero-order valence-corrected chi connectivity index (χ0v) is 11.8. The summed E-state index contributed by atoms with van der Waals surface area (Å²) in [6.07, 6.45) is 0.324. The maximum Gasteiger partial charge on any atom is 0.435 e. The van der Waals surface area contributed by atoms with Crippen molar-refractivity contribution in [3.05, 3.63) is 29.6 Å². The fourth-order valence-electron chi connectivity index (χ4n) is 2.75. The third kappa shape index (κ3) is 3.11. The first-order valence-corrected chi connectivity index (χ1v) is 6.91. The lowest BCUT2D eigenvalue weighted by atomic mass is 10.1. The van der Waals surface area contributed by atoms with Crippen molar-refractivity contribution in [2.75, 3.05) is 6.54 Å². The molecule has 0 aromatic carbocycles. The van der Waals surface area contributed by atoms with Crippen molar-refractivity contribution in [2.45, 2.75) is 44.8 Å². The molecule has 116 valence electrons. The molecule has 1 saturated carbocycles. The fourth-order valence-corrected chi connectivity index (χ4v) is 2.75. The number of nitrogens with one attached hydrogen (secondary N) is 1. The van der Waals surface area contributed by atoms with Crippen molar-refractivity contribution in [2.24, 2.45) is 0 Å². The lowest BCUT2D eigenvalue weighted by molar-refractivity contribution is -0.141. The smallest absolute Gasteiger partial charge is 0.348 e. The highest BCUT2D eigenvalue weighted by atomic mass is 19.4. The molecular formula is C14H18F3N3O. The molecule has 0 bridgehead atoms. The van der Waals surface area contributed by atoms with Gasteiger partial charge in [0, 0.05) is 12.2 Å². The van der Waals surface area contributed by atoms with Gasteiger partial charge in [-0.3, -0.25) is 9.48 Å². The molecule has 1 aliphatic rings. The van der Waals surface area contributed by atoms with Crippen LogP contribution in [0.5, 0.6) is 0 Å². The Morgan fingerprint density at radius 2 is 2.10 bits per heavy atom. The van der Waals surface area contributed by atoms with Gasteiger partial charge in [0.15, 0.2) is 5.69 Å². The Bertz CT molecular complexity index is 542. The monoisotopic (exact) mass is 301 g/mol. The van der Waals surface area contributed by atoms with Crippen LogP contribution in [0, 0.1) is 6.92 Å². The third-order valence-corrected chi connectivity index (χ3v) is 3.72. The van der Waals surface area contributed by atoms with Crippen LogP contribution in [-0.2, 0) is 6.18 Å². The second-order valence-electron chi connectivity index (χ2n) is 5.19. The van der Waals surface area contributed by atoms with E-state index < -0.39 is 17.8 Å². The molecule has 1 heterocycles. The minimum atomic E-state index is -4.64. The van der Waals surface area contributed by atoms with Crippen molar-refractivity contribution in [1.29, 1.82) is 0 Å². The maximum atomic E-state index is 13.1. The van der Waals surface area contributed by atoms with Crippen molar-refractivity contribution >= 4 is 5.91 Å². The topological polar surface area (TPSA) is 46.9 Å². The van der Waals surface area contributed by atoms with Crippen LogP contribution in [-0.4, -0.2) is 22.2 Å². The zero-order chi connectivity index (χ0) is 15.6. The summed E-state index contributed by atoms with van der Waals surface area (Å²) in [7, 11) is 0. The third-order valence-electron chi connectivity index (χ3n) is 3.72. The minimum absolute atomic E-state index is 0.0490. The van der Waals surface area contributed by atoms with Gasteiger partial charge in [0.2, 0.25) is 0 Å². The molecular weight excluding hydrogens is 283 g/mol. The second-order valence-corrected chi connectivity index (χ2v) is 5.19. The minimum Gasteiger partial charge on any atom is -0.348 e. The van der Waals surface area contributed by atoms with Gasteiger partial charge in [-0.05, 0) is 19.8 Å².